The van der Waals surface area contributed by atoms with Crippen LogP contribution >= 0.6 is 0 Å². The molecule has 1 aromatic carbocycles. The lowest BCUT2D eigenvalue weighted by atomic mass is 10.1. The highest BCUT2D eigenvalue weighted by atomic mass is 16.3. The van der Waals surface area contributed by atoms with E-state index in [0.29, 0.717) is 18.8 Å². The van der Waals surface area contributed by atoms with Gasteiger partial charge in [0.15, 0.2) is 5.76 Å². The van der Waals surface area contributed by atoms with E-state index >= 15 is 0 Å². The van der Waals surface area contributed by atoms with Crippen LogP contribution in [0.4, 0.5) is 0 Å². The topological polar surface area (TPSA) is 54.3 Å². The fraction of sp³-hybridized carbons (Fsp3) is 0.235. The minimum atomic E-state index is -0.182. The van der Waals surface area contributed by atoms with Crippen LogP contribution in [0.5, 0.6) is 0 Å². The second-order valence-electron chi connectivity index (χ2n) is 4.81. The molecule has 0 aliphatic heterocycles. The smallest absolute Gasteiger partial charge is 0.287 e. The van der Waals surface area contributed by atoms with Gasteiger partial charge in [-0.25, -0.2) is 0 Å². The number of benzene rings is 1. The standard InChI is InChI=1S/C17H20N2O2/c1-14(12-15-6-3-2-4-7-15)13-18-9-10-19-17(20)16-8-5-11-21-16/h2-8,11-12,18H,9-10,13H2,1H3,(H,19,20)/b14-12+. The van der Waals surface area contributed by atoms with Crippen molar-refractivity contribution in [3.05, 3.63) is 65.6 Å². The molecule has 1 aromatic heterocycles. The highest BCUT2D eigenvalue weighted by Crippen LogP contribution is 2.05. The first-order chi connectivity index (χ1) is 10.3. The minimum absolute atomic E-state index is 0.182. The lowest BCUT2D eigenvalue weighted by molar-refractivity contribution is 0.0926. The van der Waals surface area contributed by atoms with Crippen molar-refractivity contribution in [2.75, 3.05) is 19.6 Å². The van der Waals surface area contributed by atoms with Gasteiger partial charge < -0.3 is 15.1 Å². The Balaban J connectivity index is 1.63. The van der Waals surface area contributed by atoms with Crippen molar-refractivity contribution in [2.45, 2.75) is 6.92 Å². The maximum atomic E-state index is 11.6. The average Bonchev–Trinajstić information content (AvgIpc) is 3.02. The van der Waals surface area contributed by atoms with Crippen LogP contribution in [0.2, 0.25) is 0 Å². The van der Waals surface area contributed by atoms with Crippen LogP contribution in [0.15, 0.2) is 58.7 Å². The molecule has 0 fully saturated rings. The van der Waals surface area contributed by atoms with Crippen LogP contribution in [0.25, 0.3) is 6.08 Å². The molecule has 0 radical (unpaired) electrons. The van der Waals surface area contributed by atoms with Gasteiger partial charge in [-0.3, -0.25) is 4.79 Å². The number of carbonyl (C=O) groups excluding carboxylic acids is 1. The van der Waals surface area contributed by atoms with Gasteiger partial charge >= 0.3 is 0 Å². The number of nitrogens with one attached hydrogen (secondary N) is 2. The second kappa shape index (κ2) is 8.07. The molecule has 21 heavy (non-hydrogen) atoms. The lowest BCUT2D eigenvalue weighted by Gasteiger charge is -2.06. The summed E-state index contributed by atoms with van der Waals surface area (Å²) in [5.41, 5.74) is 2.45. The SMILES string of the molecule is C/C(=C\c1ccccc1)CNCCNC(=O)c1ccco1. The Hall–Kier alpha value is -2.33. The predicted molar refractivity (Wildman–Crippen MR) is 84.0 cm³/mol. The normalized spacial score (nSPS) is 11.4. The van der Waals surface area contributed by atoms with Crippen LogP contribution in [0.1, 0.15) is 23.0 Å². The predicted octanol–water partition coefficient (Wildman–Crippen LogP) is 2.70. The van der Waals surface area contributed by atoms with Crippen LogP contribution in [-0.4, -0.2) is 25.5 Å². The summed E-state index contributed by atoms with van der Waals surface area (Å²) in [6, 6.07) is 13.6. The number of rotatable bonds is 7. The van der Waals surface area contributed by atoms with Gasteiger partial charge in [-0.05, 0) is 24.6 Å². The van der Waals surface area contributed by atoms with E-state index in [0.717, 1.165) is 6.54 Å². The molecular weight excluding hydrogens is 264 g/mol. The molecular formula is C17H20N2O2. The molecule has 0 bridgehead atoms. The number of hydrogen-bond donors (Lipinski definition) is 2. The number of furan rings is 1. The summed E-state index contributed by atoms with van der Waals surface area (Å²) in [7, 11) is 0. The van der Waals surface area contributed by atoms with E-state index in [1.807, 2.05) is 18.2 Å². The fourth-order valence-corrected chi connectivity index (χ4v) is 1.93. The molecule has 1 heterocycles. The zero-order valence-corrected chi connectivity index (χ0v) is 12.1. The summed E-state index contributed by atoms with van der Waals surface area (Å²) in [4.78, 5) is 11.6. The third kappa shape index (κ3) is 5.28. The van der Waals surface area contributed by atoms with E-state index in [1.54, 1.807) is 12.1 Å². The van der Waals surface area contributed by atoms with Gasteiger partial charge in [0, 0.05) is 19.6 Å². The first-order valence-corrected chi connectivity index (χ1v) is 7.00. The van der Waals surface area contributed by atoms with Crippen molar-refractivity contribution >= 4 is 12.0 Å². The van der Waals surface area contributed by atoms with Crippen LogP contribution < -0.4 is 10.6 Å². The number of hydrogen-bond acceptors (Lipinski definition) is 3. The van der Waals surface area contributed by atoms with Gasteiger partial charge in [-0.2, -0.15) is 0 Å². The molecule has 0 aliphatic rings. The molecule has 1 amide bonds. The maximum absolute atomic E-state index is 11.6. The monoisotopic (exact) mass is 284 g/mol. The van der Waals surface area contributed by atoms with E-state index < -0.39 is 0 Å². The van der Waals surface area contributed by atoms with Gasteiger partial charge in [0.05, 0.1) is 6.26 Å². The fourth-order valence-electron chi connectivity index (χ4n) is 1.93. The molecule has 0 atom stereocenters. The third-order valence-corrected chi connectivity index (χ3v) is 2.95. The first-order valence-electron chi connectivity index (χ1n) is 7.00. The summed E-state index contributed by atoms with van der Waals surface area (Å²) >= 11 is 0. The molecule has 0 saturated carbocycles. The van der Waals surface area contributed by atoms with Crippen molar-refractivity contribution in [2.24, 2.45) is 0 Å². The quantitative estimate of drug-likeness (QED) is 0.769. The summed E-state index contributed by atoms with van der Waals surface area (Å²) in [6.07, 6.45) is 3.64. The van der Waals surface area contributed by atoms with Crippen molar-refractivity contribution in [1.29, 1.82) is 0 Å². The summed E-state index contributed by atoms with van der Waals surface area (Å²) < 4.78 is 5.02. The molecule has 0 aliphatic carbocycles. The number of carbonyl (C=O) groups is 1. The summed E-state index contributed by atoms with van der Waals surface area (Å²) in [5.74, 6) is 0.161. The lowest BCUT2D eigenvalue weighted by Crippen LogP contribution is -2.32. The Morgan fingerprint density at radius 2 is 1.95 bits per heavy atom. The molecule has 0 spiro atoms. The Morgan fingerprint density at radius 3 is 2.67 bits per heavy atom. The molecule has 4 nitrogen and oxygen atoms in total. The van der Waals surface area contributed by atoms with Gasteiger partial charge in [0.1, 0.15) is 0 Å². The van der Waals surface area contributed by atoms with Crippen molar-refractivity contribution in [3.8, 4) is 0 Å². The zero-order valence-electron chi connectivity index (χ0n) is 12.1. The molecule has 0 saturated heterocycles. The molecule has 2 rings (SSSR count). The van der Waals surface area contributed by atoms with E-state index in [-0.39, 0.29) is 5.91 Å². The Labute approximate surface area is 124 Å². The van der Waals surface area contributed by atoms with Crippen LogP contribution in [0, 0.1) is 0 Å². The van der Waals surface area contributed by atoms with Crippen LogP contribution in [-0.2, 0) is 0 Å². The highest BCUT2D eigenvalue weighted by molar-refractivity contribution is 5.91. The second-order valence-corrected chi connectivity index (χ2v) is 4.81. The van der Waals surface area contributed by atoms with Gasteiger partial charge in [0.25, 0.3) is 5.91 Å². The van der Waals surface area contributed by atoms with Gasteiger partial charge in [-0.1, -0.05) is 42.0 Å². The van der Waals surface area contributed by atoms with Crippen molar-refractivity contribution < 1.29 is 9.21 Å². The van der Waals surface area contributed by atoms with E-state index in [1.165, 1.54) is 17.4 Å². The summed E-state index contributed by atoms with van der Waals surface area (Å²) in [6.45, 7) is 4.16. The van der Waals surface area contributed by atoms with Gasteiger partial charge in [-0.15, -0.1) is 0 Å². The molecule has 2 N–H and O–H groups in total. The number of amides is 1. The molecule has 2 aromatic rings. The zero-order chi connectivity index (χ0) is 14.9. The first kappa shape index (κ1) is 15.1. The van der Waals surface area contributed by atoms with Gasteiger partial charge in [0.2, 0.25) is 0 Å². The van der Waals surface area contributed by atoms with E-state index in [4.69, 9.17) is 4.42 Å². The Morgan fingerprint density at radius 1 is 1.14 bits per heavy atom. The minimum Gasteiger partial charge on any atom is -0.459 e. The molecule has 110 valence electrons. The van der Waals surface area contributed by atoms with E-state index in [2.05, 4.69) is 35.8 Å². The van der Waals surface area contributed by atoms with Crippen LogP contribution in [0.3, 0.4) is 0 Å². The maximum Gasteiger partial charge on any atom is 0.287 e. The average molecular weight is 284 g/mol. The highest BCUT2D eigenvalue weighted by Gasteiger charge is 2.06. The van der Waals surface area contributed by atoms with E-state index in [9.17, 15) is 4.79 Å². The summed E-state index contributed by atoms with van der Waals surface area (Å²) in [5, 5.41) is 6.09. The molecule has 4 heteroatoms. The Kier molecular flexibility index (Phi) is 5.79. The largest absolute Gasteiger partial charge is 0.459 e. The third-order valence-electron chi connectivity index (χ3n) is 2.95. The molecule has 0 unspecified atom stereocenters. The van der Waals surface area contributed by atoms with Crippen molar-refractivity contribution in [1.82, 2.24) is 10.6 Å². The van der Waals surface area contributed by atoms with Crippen molar-refractivity contribution in [3.63, 3.8) is 0 Å². The Bertz CT molecular complexity index is 574.